The Labute approximate surface area is 279 Å². The summed E-state index contributed by atoms with van der Waals surface area (Å²) in [6.45, 7) is 0.340. The largest absolute Gasteiger partial charge is 0.485 e. The SMILES string of the molecule is O=C(O)c1ccc2c(c1)CCC(c1cnc(OCc3c(-c4c(CI)cccc4CI)noc3C3CC3)cc1CI)O2. The molecule has 41 heavy (non-hydrogen) atoms. The van der Waals surface area contributed by atoms with Gasteiger partial charge in [-0.3, -0.25) is 0 Å². The molecule has 1 aliphatic carbocycles. The number of carboxylic acids is 1. The van der Waals surface area contributed by atoms with Gasteiger partial charge in [-0.15, -0.1) is 0 Å². The van der Waals surface area contributed by atoms with E-state index in [0.29, 0.717) is 18.4 Å². The molecule has 2 aliphatic rings. The average Bonchev–Trinajstić information content (AvgIpc) is 3.77. The van der Waals surface area contributed by atoms with Gasteiger partial charge in [0.25, 0.3) is 0 Å². The number of halogens is 3. The number of hydrogen-bond acceptors (Lipinski definition) is 6. The van der Waals surface area contributed by atoms with Crippen LogP contribution in [0.25, 0.3) is 11.3 Å². The number of aromatic carboxylic acids is 1. The molecule has 7 nitrogen and oxygen atoms in total. The molecule has 0 saturated heterocycles. The third kappa shape index (κ3) is 6.10. The lowest BCUT2D eigenvalue weighted by atomic mass is 9.95. The molecule has 3 heterocycles. The van der Waals surface area contributed by atoms with Crippen LogP contribution in [0.1, 0.15) is 80.8 Å². The fourth-order valence-electron chi connectivity index (χ4n) is 5.36. The minimum atomic E-state index is -0.927. The Morgan fingerprint density at radius 1 is 1.00 bits per heavy atom. The van der Waals surface area contributed by atoms with Crippen molar-refractivity contribution in [1.29, 1.82) is 0 Å². The van der Waals surface area contributed by atoms with E-state index in [4.69, 9.17) is 14.0 Å². The molecule has 0 amide bonds. The maximum Gasteiger partial charge on any atom is 0.335 e. The molecule has 0 radical (unpaired) electrons. The van der Waals surface area contributed by atoms with Crippen molar-refractivity contribution in [2.75, 3.05) is 0 Å². The third-order valence-electron chi connectivity index (χ3n) is 7.64. The van der Waals surface area contributed by atoms with E-state index < -0.39 is 5.97 Å². The maximum absolute atomic E-state index is 11.3. The lowest BCUT2D eigenvalue weighted by molar-refractivity contribution is 0.0696. The highest BCUT2D eigenvalue weighted by Crippen LogP contribution is 2.45. The Bertz CT molecular complexity index is 1580. The van der Waals surface area contributed by atoms with E-state index in [1.165, 1.54) is 11.1 Å². The molecule has 6 rings (SSSR count). The molecule has 2 aromatic carbocycles. The van der Waals surface area contributed by atoms with Crippen molar-refractivity contribution in [1.82, 2.24) is 10.1 Å². The lowest BCUT2D eigenvalue weighted by Gasteiger charge is -2.27. The number of carbonyl (C=O) groups is 1. The number of nitrogens with zero attached hydrogens (tertiary/aromatic N) is 2. The highest BCUT2D eigenvalue weighted by Gasteiger charge is 2.34. The normalized spacial score (nSPS) is 16.2. The number of pyridine rings is 1. The zero-order valence-corrected chi connectivity index (χ0v) is 28.5. The van der Waals surface area contributed by atoms with Crippen LogP contribution in [0.2, 0.25) is 0 Å². The first-order chi connectivity index (χ1) is 20.0. The van der Waals surface area contributed by atoms with Crippen LogP contribution < -0.4 is 9.47 Å². The predicted molar refractivity (Wildman–Crippen MR) is 181 cm³/mol. The van der Waals surface area contributed by atoms with Gasteiger partial charge in [0, 0.05) is 42.6 Å². The van der Waals surface area contributed by atoms with Crippen LogP contribution in [0.15, 0.2) is 53.2 Å². The van der Waals surface area contributed by atoms with Crippen LogP contribution in [0, 0.1) is 0 Å². The summed E-state index contributed by atoms with van der Waals surface area (Å²) in [4.78, 5) is 16.0. The molecular weight excluding hydrogens is 861 g/mol. The van der Waals surface area contributed by atoms with Crippen LogP contribution >= 0.6 is 67.8 Å². The van der Waals surface area contributed by atoms with Gasteiger partial charge in [0.2, 0.25) is 5.88 Å². The Kier molecular flexibility index (Phi) is 9.06. The molecule has 1 N–H and O–H groups in total. The summed E-state index contributed by atoms with van der Waals surface area (Å²) in [7, 11) is 0. The Morgan fingerprint density at radius 3 is 2.44 bits per heavy atom. The minimum Gasteiger partial charge on any atom is -0.485 e. The van der Waals surface area contributed by atoms with Gasteiger partial charge in [-0.2, -0.15) is 0 Å². The zero-order chi connectivity index (χ0) is 28.5. The van der Waals surface area contributed by atoms with E-state index in [1.54, 1.807) is 18.2 Å². The number of fused-ring (bicyclic) bond motifs is 1. The second kappa shape index (κ2) is 12.7. The molecule has 212 valence electrons. The summed E-state index contributed by atoms with van der Waals surface area (Å²) in [6.07, 6.45) is 5.45. The van der Waals surface area contributed by atoms with Gasteiger partial charge in [-0.25, -0.2) is 9.78 Å². The summed E-state index contributed by atoms with van der Waals surface area (Å²) in [5, 5.41) is 13.9. The van der Waals surface area contributed by atoms with Crippen molar-refractivity contribution in [2.24, 2.45) is 0 Å². The molecule has 1 fully saturated rings. The van der Waals surface area contributed by atoms with Crippen LogP contribution in [0.3, 0.4) is 0 Å². The van der Waals surface area contributed by atoms with Crippen LogP contribution in [0.4, 0.5) is 0 Å². The Hall–Kier alpha value is -1.94. The molecular formula is C31H27I3N2O5. The molecule has 1 saturated carbocycles. The fraction of sp³-hybridized carbons (Fsp3) is 0.323. The predicted octanol–water partition coefficient (Wildman–Crippen LogP) is 8.76. The Balaban J connectivity index is 1.25. The van der Waals surface area contributed by atoms with Gasteiger partial charge in [-0.05, 0) is 66.1 Å². The standard InChI is InChI=1S/C31H27I3N2O5/c32-12-20-2-1-3-21(13-33)28(20)29-24(30(41-36-29)17-4-5-17)16-39-27-11-22(14-34)23(15-35-27)26-9-6-18-10-19(31(37)38)7-8-25(18)40-26/h1-3,7-8,10-11,15,17,26H,4-6,9,12-14,16H2,(H,37,38). The number of aromatic nitrogens is 2. The number of carboxylic acid groups (broad SMARTS) is 1. The first-order valence-corrected chi connectivity index (χ1v) is 18.0. The molecule has 1 atom stereocenters. The maximum atomic E-state index is 11.3. The number of alkyl halides is 3. The fourth-order valence-corrected chi connectivity index (χ4v) is 7.29. The van der Waals surface area contributed by atoms with Crippen molar-refractivity contribution in [2.45, 2.75) is 57.6 Å². The number of ether oxygens (including phenoxy) is 2. The third-order valence-corrected chi connectivity index (χ3v) is 10.1. The van der Waals surface area contributed by atoms with Crippen molar-refractivity contribution in [3.8, 4) is 22.9 Å². The molecule has 1 aliphatic heterocycles. The smallest absolute Gasteiger partial charge is 0.335 e. The van der Waals surface area contributed by atoms with E-state index in [-0.39, 0.29) is 11.7 Å². The first-order valence-electron chi connectivity index (χ1n) is 13.4. The summed E-state index contributed by atoms with van der Waals surface area (Å²) < 4.78 is 21.2. The summed E-state index contributed by atoms with van der Waals surface area (Å²) in [6, 6.07) is 13.5. The second-order valence-electron chi connectivity index (χ2n) is 10.3. The van der Waals surface area contributed by atoms with Gasteiger partial charge < -0.3 is 19.1 Å². The molecule has 10 heteroatoms. The van der Waals surface area contributed by atoms with Gasteiger partial charge in [0.15, 0.2) is 0 Å². The van der Waals surface area contributed by atoms with E-state index in [2.05, 4.69) is 96.1 Å². The van der Waals surface area contributed by atoms with Crippen molar-refractivity contribution in [3.05, 3.63) is 93.4 Å². The molecule has 0 spiro atoms. The topological polar surface area (TPSA) is 94.7 Å². The minimum absolute atomic E-state index is 0.146. The highest BCUT2D eigenvalue weighted by molar-refractivity contribution is 14.1. The second-order valence-corrected chi connectivity index (χ2v) is 12.6. The summed E-state index contributed by atoms with van der Waals surface area (Å²) in [5.41, 5.74) is 8.92. The summed E-state index contributed by atoms with van der Waals surface area (Å²) in [5.74, 6) is 1.71. The van der Waals surface area contributed by atoms with E-state index in [9.17, 15) is 9.90 Å². The molecule has 4 aromatic rings. The molecule has 2 aromatic heterocycles. The van der Waals surface area contributed by atoms with E-state index in [1.807, 2.05) is 12.3 Å². The molecule has 1 unspecified atom stereocenters. The van der Waals surface area contributed by atoms with Crippen LogP contribution in [-0.4, -0.2) is 21.2 Å². The highest BCUT2D eigenvalue weighted by atomic mass is 127. The van der Waals surface area contributed by atoms with Crippen molar-refractivity contribution < 1.29 is 23.9 Å². The van der Waals surface area contributed by atoms with Gasteiger partial charge >= 0.3 is 5.97 Å². The number of rotatable bonds is 10. The van der Waals surface area contributed by atoms with Gasteiger partial charge in [0.1, 0.15) is 29.9 Å². The van der Waals surface area contributed by atoms with E-state index >= 15 is 0 Å². The molecule has 0 bridgehead atoms. The first kappa shape index (κ1) is 29.1. The van der Waals surface area contributed by atoms with Gasteiger partial charge in [-0.1, -0.05) is 91.1 Å². The van der Waals surface area contributed by atoms with Crippen molar-refractivity contribution in [3.63, 3.8) is 0 Å². The van der Waals surface area contributed by atoms with Crippen molar-refractivity contribution >= 4 is 73.7 Å². The quantitative estimate of drug-likeness (QED) is 0.126. The summed E-state index contributed by atoms with van der Waals surface area (Å²) >= 11 is 7.18. The number of aryl methyl sites for hydroxylation is 1. The van der Waals surface area contributed by atoms with Crippen LogP contribution in [-0.2, 0) is 26.3 Å². The number of benzene rings is 2. The monoisotopic (exact) mass is 888 g/mol. The van der Waals surface area contributed by atoms with Crippen LogP contribution in [0.5, 0.6) is 11.6 Å². The zero-order valence-electron chi connectivity index (χ0n) is 22.0. The van der Waals surface area contributed by atoms with E-state index in [0.717, 1.165) is 84.0 Å². The number of hydrogen-bond donors (Lipinski definition) is 1. The Morgan fingerprint density at radius 2 is 1.76 bits per heavy atom. The van der Waals surface area contributed by atoms with Gasteiger partial charge in [0.05, 0.1) is 11.1 Å². The lowest BCUT2D eigenvalue weighted by Crippen LogP contribution is -2.17. The average molecular weight is 888 g/mol.